The summed E-state index contributed by atoms with van der Waals surface area (Å²) in [7, 11) is 0. The van der Waals surface area contributed by atoms with Crippen molar-refractivity contribution in [1.82, 2.24) is 5.32 Å². The molecular formula is C17H30N2O2. The van der Waals surface area contributed by atoms with Gasteiger partial charge in [0.1, 0.15) is 0 Å². The predicted octanol–water partition coefficient (Wildman–Crippen LogP) is 2.97. The lowest BCUT2D eigenvalue weighted by atomic mass is 10.1. The van der Waals surface area contributed by atoms with Crippen LogP contribution < -0.4 is 11.1 Å². The molecular weight excluding hydrogens is 264 g/mol. The molecule has 0 aliphatic carbocycles. The van der Waals surface area contributed by atoms with Gasteiger partial charge in [-0.15, -0.1) is 0 Å². The molecule has 0 unspecified atom stereocenters. The zero-order valence-electron chi connectivity index (χ0n) is 14.0. The van der Waals surface area contributed by atoms with E-state index in [1.54, 1.807) is 0 Å². The number of nitrogens with two attached hydrogens (primary N) is 1. The van der Waals surface area contributed by atoms with E-state index < -0.39 is 5.91 Å². The van der Waals surface area contributed by atoms with Crippen molar-refractivity contribution in [2.45, 2.75) is 53.9 Å². The lowest BCUT2D eigenvalue weighted by molar-refractivity contribution is -0.124. The van der Waals surface area contributed by atoms with Crippen molar-refractivity contribution in [2.75, 3.05) is 6.54 Å². The molecule has 2 amide bonds. The van der Waals surface area contributed by atoms with E-state index in [4.69, 9.17) is 5.73 Å². The molecule has 1 rings (SSSR count). The predicted molar refractivity (Wildman–Crippen MR) is 89.0 cm³/mol. The van der Waals surface area contributed by atoms with E-state index in [9.17, 15) is 9.59 Å². The molecule has 0 aliphatic heterocycles. The molecule has 1 aromatic rings. The van der Waals surface area contributed by atoms with E-state index in [-0.39, 0.29) is 12.5 Å². The lowest BCUT2D eigenvalue weighted by Crippen LogP contribution is -2.33. The van der Waals surface area contributed by atoms with Crippen LogP contribution in [0.1, 0.15) is 51.7 Å². The lowest BCUT2D eigenvalue weighted by Gasteiger charge is -2.03. The summed E-state index contributed by atoms with van der Waals surface area (Å²) in [6.07, 6.45) is 2.05. The molecule has 0 saturated carbocycles. The second kappa shape index (κ2) is 14.6. The molecule has 0 aromatic heterocycles. The van der Waals surface area contributed by atoms with Gasteiger partial charge in [-0.2, -0.15) is 0 Å². The van der Waals surface area contributed by atoms with Gasteiger partial charge >= 0.3 is 0 Å². The second-order valence-corrected chi connectivity index (χ2v) is 4.08. The van der Waals surface area contributed by atoms with Gasteiger partial charge in [-0.05, 0) is 25.3 Å². The van der Waals surface area contributed by atoms with Crippen LogP contribution in [0.25, 0.3) is 0 Å². The van der Waals surface area contributed by atoms with Gasteiger partial charge in [0.25, 0.3) is 0 Å². The average Bonchev–Trinajstić information content (AvgIpc) is 2.51. The van der Waals surface area contributed by atoms with Crippen molar-refractivity contribution in [3.05, 3.63) is 35.4 Å². The van der Waals surface area contributed by atoms with Crippen molar-refractivity contribution in [1.29, 1.82) is 0 Å². The number of hydrogen-bond donors (Lipinski definition) is 2. The first-order valence-electron chi connectivity index (χ1n) is 7.68. The Balaban J connectivity index is 0. The van der Waals surface area contributed by atoms with Crippen molar-refractivity contribution in [3.63, 3.8) is 0 Å². The highest BCUT2D eigenvalue weighted by molar-refractivity contribution is 5.83. The van der Waals surface area contributed by atoms with Crippen LogP contribution in [0.2, 0.25) is 0 Å². The first kappa shape index (κ1) is 21.5. The number of rotatable bonds is 6. The topological polar surface area (TPSA) is 72.2 Å². The van der Waals surface area contributed by atoms with Crippen molar-refractivity contribution >= 4 is 11.8 Å². The fourth-order valence-corrected chi connectivity index (χ4v) is 1.48. The Morgan fingerprint density at radius 3 is 2.05 bits per heavy atom. The maximum absolute atomic E-state index is 11.3. The molecule has 0 atom stereocenters. The first-order valence-corrected chi connectivity index (χ1v) is 7.68. The Kier molecular flexibility index (Phi) is 14.9. The van der Waals surface area contributed by atoms with Gasteiger partial charge in [-0.3, -0.25) is 9.59 Å². The molecule has 0 fully saturated rings. The smallest absolute Gasteiger partial charge is 0.236 e. The zero-order valence-corrected chi connectivity index (χ0v) is 14.0. The zero-order chi connectivity index (χ0) is 16.7. The summed E-state index contributed by atoms with van der Waals surface area (Å²) in [6, 6.07) is 8.25. The summed E-state index contributed by atoms with van der Waals surface area (Å²) in [4.78, 5) is 21.7. The van der Waals surface area contributed by atoms with Crippen molar-refractivity contribution in [3.8, 4) is 0 Å². The number of hydrogen-bond acceptors (Lipinski definition) is 2. The third-order valence-electron chi connectivity index (χ3n) is 2.45. The Morgan fingerprint density at radius 1 is 1.05 bits per heavy atom. The molecule has 0 saturated heterocycles. The average molecular weight is 294 g/mol. The van der Waals surface area contributed by atoms with Crippen LogP contribution in [-0.4, -0.2) is 18.4 Å². The molecule has 0 aliphatic rings. The second-order valence-electron chi connectivity index (χ2n) is 4.08. The monoisotopic (exact) mass is 294 g/mol. The highest BCUT2D eigenvalue weighted by Gasteiger charge is 2.02. The maximum Gasteiger partial charge on any atom is 0.236 e. The minimum atomic E-state index is -0.517. The standard InChI is InChI=1S/C13H18N2O2.2C2H6/c1-10-5-7-11(8-6-10)3-2-4-13(17)15-9-12(14)16;2*1-2/h5-8H,2-4,9H2,1H3,(H2,14,16)(H,15,17);2*1-2H3. The summed E-state index contributed by atoms with van der Waals surface area (Å²) in [5.41, 5.74) is 7.37. The van der Waals surface area contributed by atoms with Gasteiger partial charge in [-0.25, -0.2) is 0 Å². The molecule has 0 bridgehead atoms. The highest BCUT2D eigenvalue weighted by atomic mass is 16.2. The number of amides is 2. The van der Waals surface area contributed by atoms with Crippen LogP contribution in [0, 0.1) is 6.92 Å². The molecule has 0 radical (unpaired) electrons. The SMILES string of the molecule is CC.CC.Cc1ccc(CCCC(=O)NCC(N)=O)cc1. The number of nitrogens with one attached hydrogen (secondary N) is 1. The Morgan fingerprint density at radius 2 is 1.57 bits per heavy atom. The van der Waals surface area contributed by atoms with E-state index in [2.05, 4.69) is 29.6 Å². The van der Waals surface area contributed by atoms with Gasteiger partial charge in [-0.1, -0.05) is 57.5 Å². The minimum absolute atomic E-state index is 0.0800. The third kappa shape index (κ3) is 12.9. The van der Waals surface area contributed by atoms with E-state index in [0.29, 0.717) is 6.42 Å². The molecule has 0 spiro atoms. The molecule has 3 N–H and O–H groups in total. The maximum atomic E-state index is 11.3. The van der Waals surface area contributed by atoms with Crippen LogP contribution in [0.15, 0.2) is 24.3 Å². The number of carbonyl (C=O) groups is 2. The fourth-order valence-electron chi connectivity index (χ4n) is 1.48. The third-order valence-corrected chi connectivity index (χ3v) is 2.45. The first-order chi connectivity index (χ1) is 10.1. The highest BCUT2D eigenvalue weighted by Crippen LogP contribution is 2.06. The molecule has 21 heavy (non-hydrogen) atoms. The summed E-state index contributed by atoms with van der Waals surface area (Å²) >= 11 is 0. The number of carbonyl (C=O) groups excluding carboxylic acids is 2. The normalized spacial score (nSPS) is 8.62. The molecule has 4 heteroatoms. The Bertz CT molecular complexity index is 386. The van der Waals surface area contributed by atoms with Gasteiger partial charge in [0, 0.05) is 6.42 Å². The fraction of sp³-hybridized carbons (Fsp3) is 0.529. The van der Waals surface area contributed by atoms with Crippen LogP contribution in [0.5, 0.6) is 0 Å². The quantitative estimate of drug-likeness (QED) is 0.846. The van der Waals surface area contributed by atoms with E-state index in [0.717, 1.165) is 12.8 Å². The number of primary amides is 1. The summed E-state index contributed by atoms with van der Waals surface area (Å²) in [5, 5.41) is 2.46. The minimum Gasteiger partial charge on any atom is -0.368 e. The summed E-state index contributed by atoms with van der Waals surface area (Å²) < 4.78 is 0. The van der Waals surface area contributed by atoms with E-state index in [1.165, 1.54) is 11.1 Å². The van der Waals surface area contributed by atoms with Gasteiger partial charge in [0.15, 0.2) is 0 Å². The molecule has 0 heterocycles. The molecule has 1 aromatic carbocycles. The number of aryl methyl sites for hydroxylation is 2. The number of benzene rings is 1. The van der Waals surface area contributed by atoms with E-state index in [1.807, 2.05) is 34.6 Å². The van der Waals surface area contributed by atoms with Gasteiger partial charge < -0.3 is 11.1 Å². The largest absolute Gasteiger partial charge is 0.368 e. The Labute approximate surface area is 129 Å². The van der Waals surface area contributed by atoms with Crippen LogP contribution in [0.3, 0.4) is 0 Å². The van der Waals surface area contributed by atoms with Crippen molar-refractivity contribution in [2.24, 2.45) is 5.73 Å². The molecule has 120 valence electrons. The summed E-state index contributed by atoms with van der Waals surface area (Å²) in [5.74, 6) is -0.646. The van der Waals surface area contributed by atoms with Crippen LogP contribution in [0.4, 0.5) is 0 Å². The molecule has 4 nitrogen and oxygen atoms in total. The van der Waals surface area contributed by atoms with Crippen molar-refractivity contribution < 1.29 is 9.59 Å². The van der Waals surface area contributed by atoms with Gasteiger partial charge in [0.05, 0.1) is 6.54 Å². The van der Waals surface area contributed by atoms with Crippen LogP contribution in [-0.2, 0) is 16.0 Å². The Hall–Kier alpha value is -1.84. The van der Waals surface area contributed by atoms with Gasteiger partial charge in [0.2, 0.25) is 11.8 Å². The van der Waals surface area contributed by atoms with Crippen LogP contribution >= 0.6 is 0 Å². The van der Waals surface area contributed by atoms with E-state index >= 15 is 0 Å². The summed E-state index contributed by atoms with van der Waals surface area (Å²) in [6.45, 7) is 9.96.